The van der Waals surface area contributed by atoms with Crippen molar-refractivity contribution in [1.82, 2.24) is 0 Å². The first kappa shape index (κ1) is 10.1. The van der Waals surface area contributed by atoms with Crippen LogP contribution in [0.2, 0.25) is 0 Å². The highest BCUT2D eigenvalue weighted by molar-refractivity contribution is 5.28. The van der Waals surface area contributed by atoms with Crippen LogP contribution in [0.25, 0.3) is 0 Å². The number of ether oxygens (including phenoxy) is 1. The Morgan fingerprint density at radius 1 is 1.15 bits per heavy atom. The van der Waals surface area contributed by atoms with Crippen LogP contribution in [0.1, 0.15) is 25.5 Å². The van der Waals surface area contributed by atoms with E-state index in [0.717, 1.165) is 5.75 Å². The van der Waals surface area contributed by atoms with Crippen LogP contribution in [-0.4, -0.2) is 7.11 Å². The molecule has 0 spiro atoms. The van der Waals surface area contributed by atoms with Crippen molar-refractivity contribution in [1.29, 1.82) is 0 Å². The molecule has 0 aromatic heterocycles. The molecule has 1 rings (SSSR count). The first-order valence-electron chi connectivity index (χ1n) is 4.62. The molecule has 0 amide bonds. The Morgan fingerprint density at radius 2 is 1.69 bits per heavy atom. The second-order valence-corrected chi connectivity index (χ2v) is 3.62. The highest BCUT2D eigenvalue weighted by Crippen LogP contribution is 2.19. The van der Waals surface area contributed by atoms with Gasteiger partial charge in [-0.25, -0.2) is 0 Å². The minimum atomic E-state index is 0.367. The van der Waals surface area contributed by atoms with Gasteiger partial charge in [0.05, 0.1) is 7.11 Å². The summed E-state index contributed by atoms with van der Waals surface area (Å²) in [6, 6.07) is 8.49. The molecule has 0 saturated carbocycles. The molecule has 0 unspecified atom stereocenters. The van der Waals surface area contributed by atoms with E-state index in [1.165, 1.54) is 5.56 Å². The van der Waals surface area contributed by atoms with Gasteiger partial charge < -0.3 is 10.5 Å². The zero-order valence-corrected chi connectivity index (χ0v) is 8.58. The second kappa shape index (κ2) is 4.28. The molecule has 1 atom stereocenters. The van der Waals surface area contributed by atoms with E-state index in [-0.39, 0.29) is 0 Å². The Balaban J connectivity index is 2.79. The fourth-order valence-electron chi connectivity index (χ4n) is 1.24. The SMILES string of the molecule is COc1ccc([C@H]([NH3+])C(C)C)cc1. The summed E-state index contributed by atoms with van der Waals surface area (Å²) in [5.74, 6) is 1.48. The lowest BCUT2D eigenvalue weighted by Crippen LogP contribution is -2.55. The lowest BCUT2D eigenvalue weighted by atomic mass is 9.97. The van der Waals surface area contributed by atoms with Crippen molar-refractivity contribution < 1.29 is 10.5 Å². The maximum atomic E-state index is 5.09. The molecule has 3 N–H and O–H groups in total. The third kappa shape index (κ3) is 2.46. The van der Waals surface area contributed by atoms with Gasteiger partial charge in [0.15, 0.2) is 0 Å². The Bertz CT molecular complexity index is 253. The van der Waals surface area contributed by atoms with E-state index >= 15 is 0 Å². The van der Waals surface area contributed by atoms with Crippen LogP contribution in [0.4, 0.5) is 0 Å². The molecule has 0 aliphatic heterocycles. The smallest absolute Gasteiger partial charge is 0.118 e. The van der Waals surface area contributed by atoms with E-state index in [2.05, 4.69) is 31.7 Å². The Labute approximate surface area is 79.7 Å². The van der Waals surface area contributed by atoms with Crippen LogP contribution < -0.4 is 10.5 Å². The average molecular weight is 180 g/mol. The van der Waals surface area contributed by atoms with Crippen molar-refractivity contribution in [3.63, 3.8) is 0 Å². The Kier molecular flexibility index (Phi) is 3.32. The number of benzene rings is 1. The molecular weight excluding hydrogens is 162 g/mol. The summed E-state index contributed by atoms with van der Waals surface area (Å²) in [6.45, 7) is 4.36. The van der Waals surface area contributed by atoms with Crippen molar-refractivity contribution in [2.24, 2.45) is 5.92 Å². The van der Waals surface area contributed by atoms with Gasteiger partial charge in [-0.15, -0.1) is 0 Å². The first-order chi connectivity index (χ1) is 6.15. The van der Waals surface area contributed by atoms with Crippen molar-refractivity contribution in [3.8, 4) is 5.75 Å². The maximum absolute atomic E-state index is 5.09. The molecule has 1 aromatic carbocycles. The highest BCUT2D eigenvalue weighted by atomic mass is 16.5. The van der Waals surface area contributed by atoms with Crippen molar-refractivity contribution in [3.05, 3.63) is 29.8 Å². The van der Waals surface area contributed by atoms with E-state index in [1.807, 2.05) is 12.1 Å². The van der Waals surface area contributed by atoms with Gasteiger partial charge in [0.1, 0.15) is 11.8 Å². The lowest BCUT2D eigenvalue weighted by molar-refractivity contribution is -0.438. The zero-order chi connectivity index (χ0) is 9.84. The summed E-state index contributed by atoms with van der Waals surface area (Å²) in [5.41, 5.74) is 5.40. The van der Waals surface area contributed by atoms with Gasteiger partial charge in [-0.3, -0.25) is 0 Å². The minimum Gasteiger partial charge on any atom is -0.497 e. The highest BCUT2D eigenvalue weighted by Gasteiger charge is 2.13. The third-order valence-electron chi connectivity index (χ3n) is 2.35. The predicted octanol–water partition coefficient (Wildman–Crippen LogP) is 1.63. The van der Waals surface area contributed by atoms with Crippen LogP contribution in [0.5, 0.6) is 5.75 Å². The largest absolute Gasteiger partial charge is 0.497 e. The quantitative estimate of drug-likeness (QED) is 0.754. The molecule has 1 aromatic rings. The lowest BCUT2D eigenvalue weighted by Gasteiger charge is -2.12. The van der Waals surface area contributed by atoms with Crippen LogP contribution in [-0.2, 0) is 0 Å². The van der Waals surface area contributed by atoms with E-state index < -0.39 is 0 Å². The molecule has 13 heavy (non-hydrogen) atoms. The normalized spacial score (nSPS) is 13.0. The maximum Gasteiger partial charge on any atom is 0.118 e. The fraction of sp³-hybridized carbons (Fsp3) is 0.455. The van der Waals surface area contributed by atoms with E-state index in [4.69, 9.17) is 4.74 Å². The van der Waals surface area contributed by atoms with Gasteiger partial charge in [0, 0.05) is 11.5 Å². The van der Waals surface area contributed by atoms with Crippen LogP contribution in [0.3, 0.4) is 0 Å². The number of hydrogen-bond acceptors (Lipinski definition) is 1. The average Bonchev–Trinajstić information content (AvgIpc) is 2.17. The molecule has 0 radical (unpaired) electrons. The summed E-state index contributed by atoms with van der Waals surface area (Å²) < 4.78 is 5.09. The molecule has 0 bridgehead atoms. The second-order valence-electron chi connectivity index (χ2n) is 3.62. The first-order valence-corrected chi connectivity index (χ1v) is 4.62. The summed E-state index contributed by atoms with van der Waals surface area (Å²) in [7, 11) is 1.68. The van der Waals surface area contributed by atoms with E-state index in [1.54, 1.807) is 7.11 Å². The molecule has 0 aliphatic rings. The van der Waals surface area contributed by atoms with Crippen LogP contribution in [0.15, 0.2) is 24.3 Å². The van der Waals surface area contributed by atoms with Crippen LogP contribution in [0, 0.1) is 5.92 Å². The number of quaternary nitrogens is 1. The summed E-state index contributed by atoms with van der Waals surface area (Å²) in [5, 5.41) is 0. The Hall–Kier alpha value is -1.02. The van der Waals surface area contributed by atoms with Gasteiger partial charge in [-0.2, -0.15) is 0 Å². The van der Waals surface area contributed by atoms with Gasteiger partial charge in [0.25, 0.3) is 0 Å². The molecule has 0 heterocycles. The van der Waals surface area contributed by atoms with Crippen molar-refractivity contribution in [2.45, 2.75) is 19.9 Å². The molecule has 0 saturated heterocycles. The molecule has 72 valence electrons. The van der Waals surface area contributed by atoms with Gasteiger partial charge >= 0.3 is 0 Å². The van der Waals surface area contributed by atoms with E-state index in [0.29, 0.717) is 12.0 Å². The number of rotatable bonds is 3. The summed E-state index contributed by atoms with van der Waals surface area (Å²) >= 11 is 0. The molecule has 0 aliphatic carbocycles. The van der Waals surface area contributed by atoms with E-state index in [9.17, 15) is 0 Å². The molecule has 2 heteroatoms. The number of methoxy groups -OCH3 is 1. The van der Waals surface area contributed by atoms with Gasteiger partial charge in [0.2, 0.25) is 0 Å². The molecule has 0 fully saturated rings. The van der Waals surface area contributed by atoms with Crippen molar-refractivity contribution in [2.75, 3.05) is 7.11 Å². The van der Waals surface area contributed by atoms with Crippen LogP contribution >= 0.6 is 0 Å². The standard InChI is InChI=1S/C11H17NO/c1-8(2)11(12)9-4-6-10(13-3)7-5-9/h4-8,11H,12H2,1-3H3/p+1/t11-/m1/s1. The molecule has 2 nitrogen and oxygen atoms in total. The molecular formula is C11H18NO+. The number of hydrogen-bond donors (Lipinski definition) is 1. The van der Waals surface area contributed by atoms with Gasteiger partial charge in [-0.05, 0) is 24.3 Å². The zero-order valence-electron chi connectivity index (χ0n) is 8.58. The predicted molar refractivity (Wildman–Crippen MR) is 53.5 cm³/mol. The van der Waals surface area contributed by atoms with Gasteiger partial charge in [-0.1, -0.05) is 13.8 Å². The minimum absolute atomic E-state index is 0.367. The Morgan fingerprint density at radius 3 is 2.08 bits per heavy atom. The third-order valence-corrected chi connectivity index (χ3v) is 2.35. The topological polar surface area (TPSA) is 36.9 Å². The summed E-state index contributed by atoms with van der Waals surface area (Å²) in [4.78, 5) is 0. The monoisotopic (exact) mass is 180 g/mol. The fourth-order valence-corrected chi connectivity index (χ4v) is 1.24. The summed E-state index contributed by atoms with van der Waals surface area (Å²) in [6.07, 6.45) is 0. The van der Waals surface area contributed by atoms with Crippen molar-refractivity contribution >= 4 is 0 Å².